The molecule has 4 heteroatoms. The molecule has 0 amide bonds. The summed E-state index contributed by atoms with van der Waals surface area (Å²) in [6.07, 6.45) is 6.55. The summed E-state index contributed by atoms with van der Waals surface area (Å²) in [5, 5.41) is 3.92. The lowest BCUT2D eigenvalue weighted by Gasteiger charge is -2.29. The Bertz CT molecular complexity index is 986. The Kier molecular flexibility index (Phi) is 7.42. The Morgan fingerprint density at radius 1 is 0.903 bits per heavy atom. The highest BCUT2D eigenvalue weighted by atomic mass is 16.7. The lowest BCUT2D eigenvalue weighted by molar-refractivity contribution is -0.140. The Labute approximate surface area is 185 Å². The Balaban J connectivity index is 1.98. The molecule has 4 nitrogen and oxygen atoms in total. The molecule has 0 atom stereocenters. The van der Waals surface area contributed by atoms with Crippen LogP contribution < -0.4 is 0 Å². The molecule has 1 aliphatic carbocycles. The first kappa shape index (κ1) is 22.9. The second kappa shape index (κ2) is 10.0. The normalized spacial score (nSPS) is 14.1. The van der Waals surface area contributed by atoms with Crippen molar-refractivity contribution in [3.63, 3.8) is 0 Å². The van der Waals surface area contributed by atoms with E-state index in [0.29, 0.717) is 17.7 Å². The smallest absolute Gasteiger partial charge is 0.318 e. The van der Waals surface area contributed by atoms with Gasteiger partial charge in [0.2, 0.25) is 5.78 Å². The van der Waals surface area contributed by atoms with Gasteiger partial charge in [0.05, 0.1) is 0 Å². The van der Waals surface area contributed by atoms with E-state index >= 15 is 0 Å². The molecule has 0 saturated carbocycles. The molecule has 0 heterocycles. The number of rotatable bonds is 10. The van der Waals surface area contributed by atoms with Gasteiger partial charge in [0.1, 0.15) is 5.71 Å². The van der Waals surface area contributed by atoms with Crippen LogP contribution in [-0.4, -0.2) is 17.5 Å². The summed E-state index contributed by atoms with van der Waals surface area (Å²) in [6.45, 7) is 7.87. The Hall–Kier alpha value is -2.75. The van der Waals surface area contributed by atoms with Crippen LogP contribution in [0.2, 0.25) is 0 Å². The van der Waals surface area contributed by atoms with Crippen molar-refractivity contribution in [2.45, 2.75) is 78.1 Å². The molecule has 0 bridgehead atoms. The fourth-order valence-electron chi connectivity index (χ4n) is 4.81. The zero-order valence-corrected chi connectivity index (χ0v) is 19.2. The van der Waals surface area contributed by atoms with Crippen LogP contribution in [0.1, 0.15) is 94.1 Å². The number of Topliss-reactive ketones (excluding diaryl/α,β-unsaturated/α-hetero) is 1. The summed E-state index contributed by atoms with van der Waals surface area (Å²) in [6, 6.07) is 14.5. The zero-order chi connectivity index (χ0) is 22.4. The minimum atomic E-state index is -0.515. The number of unbranched alkanes of at least 4 members (excludes halogenated alkanes) is 3. The number of ketones is 1. The van der Waals surface area contributed by atoms with Gasteiger partial charge in [-0.1, -0.05) is 81.6 Å². The molecule has 2 aromatic rings. The molecule has 31 heavy (non-hydrogen) atoms. The van der Waals surface area contributed by atoms with E-state index in [1.807, 2.05) is 12.1 Å². The van der Waals surface area contributed by atoms with Crippen molar-refractivity contribution in [2.75, 3.05) is 0 Å². The first-order valence-corrected chi connectivity index (χ1v) is 11.5. The van der Waals surface area contributed by atoms with Gasteiger partial charge in [-0.25, -0.2) is 4.79 Å². The second-order valence-corrected chi connectivity index (χ2v) is 8.36. The molecule has 0 unspecified atom stereocenters. The third kappa shape index (κ3) is 4.48. The number of oxime groups is 1. The fourth-order valence-corrected chi connectivity index (χ4v) is 4.81. The summed E-state index contributed by atoms with van der Waals surface area (Å²) in [4.78, 5) is 29.5. The average Bonchev–Trinajstić information content (AvgIpc) is 3.07. The van der Waals surface area contributed by atoms with Crippen molar-refractivity contribution in [3.05, 3.63) is 59.2 Å². The summed E-state index contributed by atoms with van der Waals surface area (Å²) >= 11 is 0. The largest absolute Gasteiger partial charge is 0.331 e. The summed E-state index contributed by atoms with van der Waals surface area (Å²) in [7, 11) is 0. The summed E-state index contributed by atoms with van der Waals surface area (Å²) < 4.78 is 0. The number of carbonyl (C=O) groups is 2. The van der Waals surface area contributed by atoms with Gasteiger partial charge in [0, 0.05) is 17.9 Å². The number of hydrogen-bond acceptors (Lipinski definition) is 4. The third-order valence-electron chi connectivity index (χ3n) is 6.55. The van der Waals surface area contributed by atoms with E-state index in [1.165, 1.54) is 29.2 Å². The summed E-state index contributed by atoms with van der Waals surface area (Å²) in [5.74, 6) is -0.670. The highest BCUT2D eigenvalue weighted by molar-refractivity contribution is 6.46. The number of hydrogen-bond donors (Lipinski definition) is 0. The predicted molar refractivity (Wildman–Crippen MR) is 126 cm³/mol. The molecule has 164 valence electrons. The Morgan fingerprint density at radius 3 is 2.29 bits per heavy atom. The van der Waals surface area contributed by atoms with Gasteiger partial charge < -0.3 is 4.84 Å². The molecule has 0 N–H and O–H groups in total. The molecule has 1 aliphatic rings. The van der Waals surface area contributed by atoms with Crippen molar-refractivity contribution >= 4 is 17.5 Å². The van der Waals surface area contributed by atoms with E-state index < -0.39 is 5.97 Å². The van der Waals surface area contributed by atoms with Gasteiger partial charge in [-0.15, -0.1) is 0 Å². The standard InChI is InChI=1S/C27H33NO3/c1-5-8-9-10-15-25(28-31-19(4)29)26(30)20-16-17-22-21-13-11-12-14-23(21)27(6-2,7-3)24(22)18-20/h11-14,16-18H,5-10,15H2,1-4H3/b28-25+. The number of nitrogens with zero attached hydrogens (tertiary/aromatic N) is 1. The lowest BCUT2D eigenvalue weighted by atomic mass is 9.73. The molecular weight excluding hydrogens is 386 g/mol. The van der Waals surface area contributed by atoms with Crippen LogP contribution >= 0.6 is 0 Å². The van der Waals surface area contributed by atoms with E-state index in [1.54, 1.807) is 0 Å². The summed E-state index contributed by atoms with van der Waals surface area (Å²) in [5.41, 5.74) is 5.86. The van der Waals surface area contributed by atoms with Crippen LogP contribution in [0.15, 0.2) is 47.6 Å². The molecular formula is C27H33NO3. The van der Waals surface area contributed by atoms with Crippen LogP contribution in [0.25, 0.3) is 11.1 Å². The second-order valence-electron chi connectivity index (χ2n) is 8.36. The molecule has 0 radical (unpaired) electrons. The molecule has 0 aromatic heterocycles. The van der Waals surface area contributed by atoms with Crippen LogP contribution in [0.4, 0.5) is 0 Å². The number of fused-ring (bicyclic) bond motifs is 3. The topological polar surface area (TPSA) is 55.7 Å². The van der Waals surface area contributed by atoms with E-state index in [4.69, 9.17) is 4.84 Å². The van der Waals surface area contributed by atoms with E-state index in [-0.39, 0.29) is 11.2 Å². The van der Waals surface area contributed by atoms with Gasteiger partial charge in [-0.2, -0.15) is 0 Å². The van der Waals surface area contributed by atoms with Gasteiger partial charge in [-0.3, -0.25) is 4.79 Å². The van der Waals surface area contributed by atoms with Gasteiger partial charge in [0.25, 0.3) is 0 Å². The first-order valence-electron chi connectivity index (χ1n) is 11.5. The maximum Gasteiger partial charge on any atom is 0.331 e. The molecule has 0 saturated heterocycles. The van der Waals surface area contributed by atoms with Gasteiger partial charge in [0.15, 0.2) is 0 Å². The first-order chi connectivity index (χ1) is 15.0. The minimum Gasteiger partial charge on any atom is -0.318 e. The molecule has 3 rings (SSSR count). The quantitative estimate of drug-likeness (QED) is 0.139. The van der Waals surface area contributed by atoms with Crippen LogP contribution in [0.5, 0.6) is 0 Å². The maximum atomic E-state index is 13.4. The molecule has 2 aromatic carbocycles. The molecule has 0 aliphatic heterocycles. The van der Waals surface area contributed by atoms with Crippen molar-refractivity contribution < 1.29 is 14.4 Å². The average molecular weight is 420 g/mol. The van der Waals surface area contributed by atoms with Gasteiger partial charge >= 0.3 is 5.97 Å². The maximum absolute atomic E-state index is 13.4. The predicted octanol–water partition coefficient (Wildman–Crippen LogP) is 6.85. The van der Waals surface area contributed by atoms with Crippen LogP contribution in [0, 0.1) is 0 Å². The van der Waals surface area contributed by atoms with E-state index in [2.05, 4.69) is 56.3 Å². The van der Waals surface area contributed by atoms with Crippen molar-refractivity contribution in [2.24, 2.45) is 5.16 Å². The zero-order valence-electron chi connectivity index (χ0n) is 19.2. The monoisotopic (exact) mass is 419 g/mol. The highest BCUT2D eigenvalue weighted by Crippen LogP contribution is 2.52. The molecule has 0 spiro atoms. The van der Waals surface area contributed by atoms with E-state index in [9.17, 15) is 9.59 Å². The third-order valence-corrected chi connectivity index (χ3v) is 6.55. The number of carbonyl (C=O) groups excluding carboxylic acids is 2. The highest BCUT2D eigenvalue weighted by Gasteiger charge is 2.40. The van der Waals surface area contributed by atoms with Crippen molar-refractivity contribution in [1.82, 2.24) is 0 Å². The van der Waals surface area contributed by atoms with Gasteiger partial charge in [-0.05, 0) is 54.0 Å². The molecule has 0 fully saturated rings. The Morgan fingerprint density at radius 2 is 1.61 bits per heavy atom. The van der Waals surface area contributed by atoms with Crippen LogP contribution in [-0.2, 0) is 15.0 Å². The number of benzene rings is 2. The SMILES string of the molecule is CCCCCC/C(=N\OC(C)=O)C(=O)c1ccc2c(c1)C(CC)(CC)c1ccccc1-2. The van der Waals surface area contributed by atoms with E-state index in [0.717, 1.165) is 38.5 Å². The minimum absolute atomic E-state index is 0.0868. The van der Waals surface area contributed by atoms with Crippen molar-refractivity contribution in [3.8, 4) is 11.1 Å². The van der Waals surface area contributed by atoms with Crippen molar-refractivity contribution in [1.29, 1.82) is 0 Å². The fraction of sp³-hybridized carbons (Fsp3) is 0.444. The van der Waals surface area contributed by atoms with Crippen LogP contribution in [0.3, 0.4) is 0 Å². The lowest BCUT2D eigenvalue weighted by Crippen LogP contribution is -2.24.